The minimum absolute atomic E-state index is 0.121. The lowest BCUT2D eigenvalue weighted by Crippen LogP contribution is -2.46. The summed E-state index contributed by atoms with van der Waals surface area (Å²) in [6.45, 7) is 7.73. The number of aliphatic hydroxyl groups is 1. The first-order valence-corrected chi connectivity index (χ1v) is 14.8. The first-order valence-electron chi connectivity index (χ1n) is 14.4. The third kappa shape index (κ3) is 6.19. The standard InChI is InChI=1S/C35H35ClN2O6/c1-20-8-5-9-23(21(20)2)32-27-16-22(36)14-15-29(27)38(18-35(3,4)19-39)33(41)30(44-32)17-31(40)37-28-13-7-10-24-25(28)11-6-12-26(24)34(42)43/h5-16,30,32,39H,17-19H2,1-4H3,(H,37,40)(H,42,43)/t30-,32-/m1/s1. The predicted octanol–water partition coefficient (Wildman–Crippen LogP) is 6.68. The van der Waals surface area contributed by atoms with Gasteiger partial charge in [0.25, 0.3) is 5.91 Å². The summed E-state index contributed by atoms with van der Waals surface area (Å²) >= 11 is 6.49. The van der Waals surface area contributed by atoms with Crippen LogP contribution in [-0.2, 0) is 14.3 Å². The number of nitrogens with one attached hydrogen (secondary N) is 1. The Labute approximate surface area is 261 Å². The third-order valence-electron chi connectivity index (χ3n) is 8.15. The maximum atomic E-state index is 14.3. The fourth-order valence-electron chi connectivity index (χ4n) is 5.62. The summed E-state index contributed by atoms with van der Waals surface area (Å²) in [6, 6.07) is 21.1. The van der Waals surface area contributed by atoms with E-state index in [1.807, 2.05) is 45.9 Å². The zero-order valence-corrected chi connectivity index (χ0v) is 25.8. The van der Waals surface area contributed by atoms with Gasteiger partial charge in [0, 0.05) is 45.9 Å². The molecule has 0 aliphatic carbocycles. The molecule has 4 aromatic carbocycles. The summed E-state index contributed by atoms with van der Waals surface area (Å²) in [5, 5.41) is 24.1. The van der Waals surface area contributed by atoms with Crippen molar-refractivity contribution in [3.8, 4) is 0 Å². The Kier molecular flexibility index (Phi) is 8.79. The van der Waals surface area contributed by atoms with Gasteiger partial charge in [0.1, 0.15) is 12.2 Å². The zero-order chi connectivity index (χ0) is 31.8. The van der Waals surface area contributed by atoms with Crippen LogP contribution in [0.3, 0.4) is 0 Å². The molecular weight excluding hydrogens is 580 g/mol. The highest BCUT2D eigenvalue weighted by Gasteiger charge is 2.40. The van der Waals surface area contributed by atoms with Gasteiger partial charge in [0.2, 0.25) is 5.91 Å². The first-order chi connectivity index (χ1) is 20.9. The van der Waals surface area contributed by atoms with E-state index in [1.165, 1.54) is 6.07 Å². The number of aryl methyl sites for hydroxylation is 1. The smallest absolute Gasteiger partial charge is 0.336 e. The van der Waals surface area contributed by atoms with Gasteiger partial charge in [-0.25, -0.2) is 4.79 Å². The van der Waals surface area contributed by atoms with Crippen LogP contribution in [0.4, 0.5) is 11.4 Å². The Morgan fingerprint density at radius 1 is 0.977 bits per heavy atom. The van der Waals surface area contributed by atoms with Crippen LogP contribution >= 0.6 is 11.6 Å². The van der Waals surface area contributed by atoms with E-state index in [-0.39, 0.29) is 25.1 Å². The van der Waals surface area contributed by atoms with E-state index in [2.05, 4.69) is 5.32 Å². The number of amides is 2. The molecule has 9 heteroatoms. The Bertz CT molecular complexity index is 1770. The molecule has 8 nitrogen and oxygen atoms in total. The molecule has 1 aliphatic heterocycles. The first kappa shape index (κ1) is 31.2. The molecule has 0 aromatic heterocycles. The van der Waals surface area contributed by atoms with Crippen LogP contribution in [0.5, 0.6) is 0 Å². The highest BCUT2D eigenvalue weighted by atomic mass is 35.5. The molecule has 0 radical (unpaired) electrons. The SMILES string of the molecule is Cc1cccc([C@H]2O[C@H](CC(=O)Nc3cccc4c(C(=O)O)cccc34)C(=O)N(CC(C)(C)CO)c3ccc(Cl)cc32)c1C. The molecule has 3 N–H and O–H groups in total. The summed E-state index contributed by atoms with van der Waals surface area (Å²) in [7, 11) is 0. The summed E-state index contributed by atoms with van der Waals surface area (Å²) in [5.74, 6) is -1.95. The van der Waals surface area contributed by atoms with Gasteiger partial charge in [-0.15, -0.1) is 0 Å². The molecule has 4 aromatic rings. The molecule has 0 saturated heterocycles. The largest absolute Gasteiger partial charge is 0.478 e. The van der Waals surface area contributed by atoms with Crippen molar-refractivity contribution in [1.82, 2.24) is 0 Å². The number of rotatable bonds is 8. The van der Waals surface area contributed by atoms with Crippen molar-refractivity contribution in [3.05, 3.63) is 106 Å². The number of benzene rings is 4. The van der Waals surface area contributed by atoms with Crippen molar-refractivity contribution in [2.75, 3.05) is 23.4 Å². The molecule has 1 heterocycles. The summed E-state index contributed by atoms with van der Waals surface area (Å²) in [5.41, 5.74) is 4.08. The normalized spacial score (nSPS) is 16.9. The van der Waals surface area contributed by atoms with Gasteiger partial charge >= 0.3 is 5.97 Å². The lowest BCUT2D eigenvalue weighted by atomic mass is 9.91. The van der Waals surface area contributed by atoms with Crippen LogP contribution in [0, 0.1) is 19.3 Å². The van der Waals surface area contributed by atoms with Crippen LogP contribution in [0.1, 0.15) is 59.0 Å². The average molecular weight is 615 g/mol. The van der Waals surface area contributed by atoms with Crippen LogP contribution in [0.2, 0.25) is 5.02 Å². The number of carboxylic acids is 1. The highest BCUT2D eigenvalue weighted by molar-refractivity contribution is 6.30. The number of hydrogen-bond acceptors (Lipinski definition) is 5. The number of ether oxygens (including phenoxy) is 1. The van der Waals surface area contributed by atoms with Crippen molar-refractivity contribution >= 4 is 51.5 Å². The number of carbonyl (C=O) groups is 3. The van der Waals surface area contributed by atoms with E-state index in [1.54, 1.807) is 53.4 Å². The monoisotopic (exact) mass is 614 g/mol. The van der Waals surface area contributed by atoms with E-state index in [9.17, 15) is 24.6 Å². The van der Waals surface area contributed by atoms with Crippen molar-refractivity contribution in [3.63, 3.8) is 0 Å². The van der Waals surface area contributed by atoms with Crippen molar-refractivity contribution in [2.45, 2.75) is 46.3 Å². The van der Waals surface area contributed by atoms with Gasteiger partial charge in [-0.2, -0.15) is 0 Å². The fourth-order valence-corrected chi connectivity index (χ4v) is 5.80. The highest BCUT2D eigenvalue weighted by Crippen LogP contribution is 2.42. The molecule has 2 atom stereocenters. The number of carboxylic acid groups (broad SMARTS) is 1. The molecule has 0 saturated carbocycles. The molecule has 228 valence electrons. The van der Waals surface area contributed by atoms with Crippen LogP contribution in [0.15, 0.2) is 72.8 Å². The van der Waals surface area contributed by atoms with Gasteiger partial charge in [0.05, 0.1) is 12.0 Å². The molecule has 0 unspecified atom stereocenters. The number of carbonyl (C=O) groups excluding carboxylic acids is 2. The van der Waals surface area contributed by atoms with E-state index < -0.39 is 35.4 Å². The van der Waals surface area contributed by atoms with Crippen molar-refractivity contribution in [1.29, 1.82) is 0 Å². The average Bonchev–Trinajstić information content (AvgIpc) is 3.08. The second-order valence-corrected chi connectivity index (χ2v) is 12.4. The molecule has 0 spiro atoms. The molecule has 0 fully saturated rings. The van der Waals surface area contributed by atoms with Crippen molar-refractivity contribution < 1.29 is 29.3 Å². The second-order valence-electron chi connectivity index (χ2n) is 12.0. The zero-order valence-electron chi connectivity index (χ0n) is 25.1. The van der Waals surface area contributed by atoms with E-state index in [0.717, 1.165) is 16.7 Å². The minimum atomic E-state index is -1.18. The molecule has 0 bridgehead atoms. The number of nitrogens with zero attached hydrogens (tertiary/aromatic N) is 1. The number of aromatic carboxylic acids is 1. The number of halogens is 1. The summed E-state index contributed by atoms with van der Waals surface area (Å²) in [4.78, 5) is 41.2. The van der Waals surface area contributed by atoms with Crippen molar-refractivity contribution in [2.24, 2.45) is 5.41 Å². The third-order valence-corrected chi connectivity index (χ3v) is 8.38. The number of fused-ring (bicyclic) bond motifs is 2. The molecule has 2 amide bonds. The minimum Gasteiger partial charge on any atom is -0.478 e. The summed E-state index contributed by atoms with van der Waals surface area (Å²) < 4.78 is 6.60. The fraction of sp³-hybridized carbons (Fsp3) is 0.286. The Morgan fingerprint density at radius 3 is 2.41 bits per heavy atom. The van der Waals surface area contributed by atoms with Gasteiger partial charge in [-0.3, -0.25) is 9.59 Å². The predicted molar refractivity (Wildman–Crippen MR) is 171 cm³/mol. The van der Waals surface area contributed by atoms with Gasteiger partial charge in [-0.05, 0) is 66.3 Å². The molecular formula is C35H35ClN2O6. The second kappa shape index (κ2) is 12.4. The topological polar surface area (TPSA) is 116 Å². The maximum Gasteiger partial charge on any atom is 0.336 e. The van der Waals surface area contributed by atoms with Gasteiger partial charge in [-0.1, -0.05) is 67.9 Å². The lowest BCUT2D eigenvalue weighted by Gasteiger charge is -2.32. The molecule has 44 heavy (non-hydrogen) atoms. The molecule has 1 aliphatic rings. The van der Waals surface area contributed by atoms with E-state index in [0.29, 0.717) is 32.7 Å². The van der Waals surface area contributed by atoms with E-state index >= 15 is 0 Å². The van der Waals surface area contributed by atoms with Crippen LogP contribution in [-0.4, -0.2) is 47.3 Å². The van der Waals surface area contributed by atoms with E-state index in [4.69, 9.17) is 16.3 Å². The van der Waals surface area contributed by atoms with Gasteiger partial charge in [0.15, 0.2) is 0 Å². The van der Waals surface area contributed by atoms with Crippen LogP contribution in [0.25, 0.3) is 10.8 Å². The number of hydrogen-bond donors (Lipinski definition) is 3. The quantitative estimate of drug-likeness (QED) is 0.204. The number of anilines is 2. The van der Waals surface area contributed by atoms with Gasteiger partial charge < -0.3 is 25.2 Å². The maximum absolute atomic E-state index is 14.3. The summed E-state index contributed by atoms with van der Waals surface area (Å²) in [6.07, 6.45) is -2.18. The Balaban J connectivity index is 1.56. The lowest BCUT2D eigenvalue weighted by molar-refractivity contribution is -0.136. The van der Waals surface area contributed by atoms with Crippen LogP contribution < -0.4 is 10.2 Å². The Morgan fingerprint density at radius 2 is 1.68 bits per heavy atom. The Hall–Kier alpha value is -4.24. The molecule has 5 rings (SSSR count). The number of aliphatic hydroxyl groups excluding tert-OH is 1.